The monoisotopic (exact) mass is 310 g/mol. The number of nitrogens with two attached hydrogens (primary N) is 1. The van der Waals surface area contributed by atoms with Gasteiger partial charge < -0.3 is 10.6 Å². The quantitative estimate of drug-likeness (QED) is 0.912. The number of hydrogen-bond donors (Lipinski definition) is 1. The highest BCUT2D eigenvalue weighted by atomic mass is 35.5. The van der Waals surface area contributed by atoms with E-state index in [0.29, 0.717) is 6.54 Å². The van der Waals surface area contributed by atoms with Crippen molar-refractivity contribution >= 4 is 18.3 Å². The number of amides is 1. The van der Waals surface area contributed by atoms with Crippen molar-refractivity contribution in [3.8, 4) is 0 Å². The molecule has 1 saturated heterocycles. The van der Waals surface area contributed by atoms with Crippen LogP contribution in [0.5, 0.6) is 0 Å². The molecule has 0 radical (unpaired) electrons. The lowest BCUT2D eigenvalue weighted by Crippen LogP contribution is -2.39. The van der Waals surface area contributed by atoms with E-state index in [0.717, 1.165) is 6.54 Å². The highest BCUT2D eigenvalue weighted by molar-refractivity contribution is 5.85. The molecule has 1 amide bonds. The summed E-state index contributed by atoms with van der Waals surface area (Å²) >= 11 is 0. The number of rotatable bonds is 2. The summed E-state index contributed by atoms with van der Waals surface area (Å²) < 4.78 is 0. The van der Waals surface area contributed by atoms with Gasteiger partial charge in [-0.2, -0.15) is 0 Å². The van der Waals surface area contributed by atoms with Crippen LogP contribution in [0.2, 0.25) is 0 Å². The van der Waals surface area contributed by atoms with Gasteiger partial charge in [0.1, 0.15) is 0 Å². The molecule has 1 aromatic rings. The number of hydrogen-bond acceptors (Lipinski definition) is 2. The van der Waals surface area contributed by atoms with Crippen LogP contribution in [0.3, 0.4) is 0 Å². The largest absolute Gasteiger partial charge is 0.340 e. The highest BCUT2D eigenvalue weighted by Crippen LogP contribution is 2.31. The summed E-state index contributed by atoms with van der Waals surface area (Å²) in [5.41, 5.74) is 7.48. The zero-order valence-electron chi connectivity index (χ0n) is 13.4. The standard InChI is InChI=1S/C17H26N2O.ClH/c1-12(17(2,3)4)16(20)19-10-14(15(18)11-19)13-8-6-5-7-9-13;/h5-9,12,14-15H,10-11,18H2,1-4H3;1H/t12?,14-,15+;/m0./s1. The third-order valence-corrected chi connectivity index (χ3v) is 4.57. The van der Waals surface area contributed by atoms with Gasteiger partial charge >= 0.3 is 0 Å². The molecule has 4 heteroatoms. The molecule has 0 saturated carbocycles. The molecule has 1 heterocycles. The fourth-order valence-corrected chi connectivity index (χ4v) is 2.71. The number of nitrogens with zero attached hydrogens (tertiary/aromatic N) is 1. The molecule has 0 spiro atoms. The van der Waals surface area contributed by atoms with E-state index in [1.54, 1.807) is 0 Å². The van der Waals surface area contributed by atoms with Gasteiger partial charge in [-0.05, 0) is 11.0 Å². The van der Waals surface area contributed by atoms with E-state index in [2.05, 4.69) is 32.9 Å². The lowest BCUT2D eigenvalue weighted by molar-refractivity contribution is -0.137. The second kappa shape index (κ2) is 6.80. The molecule has 2 rings (SSSR count). The third kappa shape index (κ3) is 3.98. The van der Waals surface area contributed by atoms with E-state index in [4.69, 9.17) is 5.73 Å². The second-order valence-electron chi connectivity index (χ2n) is 7.01. The van der Waals surface area contributed by atoms with Gasteiger partial charge in [-0.15, -0.1) is 12.4 Å². The predicted octanol–water partition coefficient (Wildman–Crippen LogP) is 3.04. The molecule has 1 aliphatic rings. The fourth-order valence-electron chi connectivity index (χ4n) is 2.71. The molecule has 3 atom stereocenters. The Morgan fingerprint density at radius 2 is 1.81 bits per heavy atom. The van der Waals surface area contributed by atoms with Crippen molar-refractivity contribution < 1.29 is 4.79 Å². The van der Waals surface area contributed by atoms with E-state index >= 15 is 0 Å². The van der Waals surface area contributed by atoms with Crippen LogP contribution in [0, 0.1) is 11.3 Å². The van der Waals surface area contributed by atoms with Gasteiger partial charge in [0, 0.05) is 31.0 Å². The summed E-state index contributed by atoms with van der Waals surface area (Å²) in [6.07, 6.45) is 0. The Balaban J connectivity index is 0.00000220. The Hall–Kier alpha value is -1.06. The van der Waals surface area contributed by atoms with Crippen LogP contribution in [0.25, 0.3) is 0 Å². The molecule has 1 fully saturated rings. The number of likely N-dealkylation sites (tertiary alicyclic amines) is 1. The summed E-state index contributed by atoms with van der Waals surface area (Å²) in [6.45, 7) is 9.76. The third-order valence-electron chi connectivity index (χ3n) is 4.57. The summed E-state index contributed by atoms with van der Waals surface area (Å²) in [6, 6.07) is 10.3. The van der Waals surface area contributed by atoms with Crippen molar-refractivity contribution in [2.45, 2.75) is 39.7 Å². The molecule has 1 unspecified atom stereocenters. The molecular formula is C17H27ClN2O. The number of halogens is 1. The molecule has 3 nitrogen and oxygen atoms in total. The zero-order chi connectivity index (χ0) is 14.9. The molecular weight excluding hydrogens is 284 g/mol. The first-order chi connectivity index (χ1) is 9.30. The molecule has 21 heavy (non-hydrogen) atoms. The van der Waals surface area contributed by atoms with Crippen LogP contribution in [0.4, 0.5) is 0 Å². The molecule has 1 aromatic carbocycles. The smallest absolute Gasteiger partial charge is 0.226 e. The minimum atomic E-state index is -0.00792. The number of carbonyl (C=O) groups is 1. The lowest BCUT2D eigenvalue weighted by atomic mass is 9.81. The van der Waals surface area contributed by atoms with Crippen molar-refractivity contribution in [1.29, 1.82) is 0 Å². The minimum absolute atomic E-state index is 0. The average Bonchev–Trinajstić information content (AvgIpc) is 2.79. The van der Waals surface area contributed by atoms with Crippen molar-refractivity contribution in [2.24, 2.45) is 17.1 Å². The van der Waals surface area contributed by atoms with Crippen molar-refractivity contribution in [3.63, 3.8) is 0 Å². The normalized spacial score (nSPS) is 23.6. The Morgan fingerprint density at radius 1 is 1.24 bits per heavy atom. The van der Waals surface area contributed by atoms with E-state index < -0.39 is 0 Å². The van der Waals surface area contributed by atoms with E-state index in [-0.39, 0.29) is 41.6 Å². The molecule has 0 bridgehead atoms. The van der Waals surface area contributed by atoms with Crippen molar-refractivity contribution in [3.05, 3.63) is 35.9 Å². The summed E-state index contributed by atoms with van der Waals surface area (Å²) in [7, 11) is 0. The first kappa shape index (κ1) is 18.0. The Kier molecular flexibility index (Phi) is 5.83. The number of benzene rings is 1. The van der Waals surface area contributed by atoms with Gasteiger partial charge in [0.15, 0.2) is 0 Å². The highest BCUT2D eigenvalue weighted by Gasteiger charge is 2.38. The minimum Gasteiger partial charge on any atom is -0.340 e. The second-order valence-corrected chi connectivity index (χ2v) is 7.01. The van der Waals surface area contributed by atoms with Crippen LogP contribution in [0.1, 0.15) is 39.2 Å². The van der Waals surface area contributed by atoms with Gasteiger partial charge in [-0.1, -0.05) is 58.0 Å². The van der Waals surface area contributed by atoms with E-state index in [1.165, 1.54) is 5.56 Å². The van der Waals surface area contributed by atoms with Crippen LogP contribution in [-0.4, -0.2) is 29.9 Å². The Morgan fingerprint density at radius 3 is 2.33 bits per heavy atom. The molecule has 0 aliphatic carbocycles. The zero-order valence-corrected chi connectivity index (χ0v) is 14.2. The summed E-state index contributed by atoms with van der Waals surface area (Å²) in [4.78, 5) is 14.5. The Bertz CT molecular complexity index is 469. The molecule has 0 aromatic heterocycles. The van der Waals surface area contributed by atoms with Gasteiger partial charge in [-0.3, -0.25) is 4.79 Å². The number of carbonyl (C=O) groups excluding carboxylic acids is 1. The van der Waals surface area contributed by atoms with Crippen molar-refractivity contribution in [2.75, 3.05) is 13.1 Å². The average molecular weight is 311 g/mol. The van der Waals surface area contributed by atoms with Gasteiger partial charge in [-0.25, -0.2) is 0 Å². The van der Waals surface area contributed by atoms with Crippen LogP contribution >= 0.6 is 12.4 Å². The van der Waals surface area contributed by atoms with Gasteiger partial charge in [0.25, 0.3) is 0 Å². The summed E-state index contributed by atoms with van der Waals surface area (Å²) in [5, 5.41) is 0. The fraction of sp³-hybridized carbons (Fsp3) is 0.588. The van der Waals surface area contributed by atoms with Gasteiger partial charge in [0.05, 0.1) is 0 Å². The predicted molar refractivity (Wildman–Crippen MR) is 89.6 cm³/mol. The SMILES string of the molecule is CC(C(=O)N1C[C@@H](N)[C@H](c2ccccc2)C1)C(C)(C)C.Cl. The first-order valence-electron chi connectivity index (χ1n) is 7.40. The van der Waals surface area contributed by atoms with Crippen LogP contribution in [0.15, 0.2) is 30.3 Å². The maximum Gasteiger partial charge on any atom is 0.226 e. The molecule has 2 N–H and O–H groups in total. The molecule has 118 valence electrons. The van der Waals surface area contributed by atoms with E-state index in [1.807, 2.05) is 30.0 Å². The lowest BCUT2D eigenvalue weighted by Gasteiger charge is -2.30. The maximum absolute atomic E-state index is 12.6. The van der Waals surface area contributed by atoms with E-state index in [9.17, 15) is 4.79 Å². The molecule has 1 aliphatic heterocycles. The Labute approximate surface area is 134 Å². The maximum atomic E-state index is 12.6. The van der Waals surface area contributed by atoms with Gasteiger partial charge in [0.2, 0.25) is 5.91 Å². The topological polar surface area (TPSA) is 46.3 Å². The van der Waals surface area contributed by atoms with Crippen LogP contribution in [-0.2, 0) is 4.79 Å². The van der Waals surface area contributed by atoms with Crippen molar-refractivity contribution in [1.82, 2.24) is 4.90 Å². The van der Waals surface area contributed by atoms with Crippen LogP contribution < -0.4 is 5.73 Å². The summed E-state index contributed by atoms with van der Waals surface area (Å²) in [5.74, 6) is 0.503. The first-order valence-corrected chi connectivity index (χ1v) is 7.40.